The number of allylic oxidation sites excluding steroid dienone is 3. The van der Waals surface area contributed by atoms with Crippen LogP contribution in [-0.4, -0.2) is 6.10 Å². The van der Waals surface area contributed by atoms with Crippen molar-refractivity contribution in [1.29, 1.82) is 5.26 Å². The van der Waals surface area contributed by atoms with E-state index >= 15 is 0 Å². The molecule has 0 aromatic carbocycles. The van der Waals surface area contributed by atoms with Crippen LogP contribution in [0.25, 0.3) is 0 Å². The van der Waals surface area contributed by atoms with E-state index in [9.17, 15) is 0 Å². The van der Waals surface area contributed by atoms with E-state index in [4.69, 9.17) is 10.00 Å². The van der Waals surface area contributed by atoms with Crippen LogP contribution in [0.4, 0.5) is 0 Å². The summed E-state index contributed by atoms with van der Waals surface area (Å²) in [6.07, 6.45) is 9.83. The van der Waals surface area contributed by atoms with Gasteiger partial charge in [-0.1, -0.05) is 18.2 Å². The zero-order valence-corrected chi connectivity index (χ0v) is 5.90. The highest BCUT2D eigenvalue weighted by atomic mass is 16.5. The van der Waals surface area contributed by atoms with Gasteiger partial charge in [-0.2, -0.15) is 5.26 Å². The number of fused-ring (bicyclic) bond motifs is 1. The molecule has 0 aromatic rings. The summed E-state index contributed by atoms with van der Waals surface area (Å²) in [5.41, 5.74) is 0. The molecule has 2 unspecified atom stereocenters. The molecule has 1 aliphatic heterocycles. The third kappa shape index (κ3) is 0.947. The van der Waals surface area contributed by atoms with Crippen LogP contribution in [0.15, 0.2) is 36.1 Å². The zero-order chi connectivity index (χ0) is 7.68. The molecule has 0 bridgehead atoms. The molecule has 54 valence electrons. The molecule has 2 nitrogen and oxygen atoms in total. The second-order valence-corrected chi connectivity index (χ2v) is 2.57. The summed E-state index contributed by atoms with van der Waals surface area (Å²) in [7, 11) is 0. The molecule has 0 fully saturated rings. The molecule has 0 saturated heterocycles. The van der Waals surface area contributed by atoms with Gasteiger partial charge in [0.2, 0.25) is 0 Å². The average molecular weight is 145 g/mol. The summed E-state index contributed by atoms with van der Waals surface area (Å²) in [6.45, 7) is 0. The Morgan fingerprint density at radius 1 is 1.36 bits per heavy atom. The second-order valence-electron chi connectivity index (χ2n) is 2.57. The highest BCUT2D eigenvalue weighted by Gasteiger charge is 2.25. The molecule has 2 atom stereocenters. The van der Waals surface area contributed by atoms with Gasteiger partial charge in [-0.3, -0.25) is 0 Å². The molecule has 2 rings (SSSR count). The smallest absolute Gasteiger partial charge is 0.194 e. The van der Waals surface area contributed by atoms with E-state index in [1.54, 1.807) is 0 Å². The van der Waals surface area contributed by atoms with Crippen LogP contribution in [0.1, 0.15) is 0 Å². The Labute approximate surface area is 65.1 Å². The standard InChI is InChI=1S/C9H7NO/c10-6-8-5-7-3-1-2-4-9(7)11-8/h1-5,7,9H. The van der Waals surface area contributed by atoms with Gasteiger partial charge in [0.05, 0.1) is 0 Å². The predicted octanol–water partition coefficient (Wildman–Crippen LogP) is 1.53. The zero-order valence-electron chi connectivity index (χ0n) is 5.90. The Balaban J connectivity index is 2.24. The first-order valence-corrected chi connectivity index (χ1v) is 3.54. The first kappa shape index (κ1) is 6.23. The van der Waals surface area contributed by atoms with E-state index < -0.39 is 0 Å². The second kappa shape index (κ2) is 2.28. The van der Waals surface area contributed by atoms with Crippen molar-refractivity contribution >= 4 is 0 Å². The Bertz CT molecular complexity index is 293. The van der Waals surface area contributed by atoms with Gasteiger partial charge in [0.25, 0.3) is 0 Å². The van der Waals surface area contributed by atoms with Crippen molar-refractivity contribution in [2.75, 3.05) is 0 Å². The lowest BCUT2D eigenvalue weighted by Crippen LogP contribution is -2.13. The number of hydrogen-bond acceptors (Lipinski definition) is 2. The van der Waals surface area contributed by atoms with Crippen LogP contribution in [0.2, 0.25) is 0 Å². The molecule has 0 spiro atoms. The van der Waals surface area contributed by atoms with E-state index in [1.807, 2.05) is 36.4 Å². The number of nitrogens with zero attached hydrogens (tertiary/aromatic N) is 1. The first-order valence-electron chi connectivity index (χ1n) is 3.54. The van der Waals surface area contributed by atoms with Gasteiger partial charge in [0.15, 0.2) is 5.76 Å². The molecule has 0 amide bonds. The van der Waals surface area contributed by atoms with Gasteiger partial charge in [-0.05, 0) is 12.2 Å². The number of ether oxygens (including phenoxy) is 1. The minimum Gasteiger partial charge on any atom is -0.475 e. The van der Waals surface area contributed by atoms with Crippen molar-refractivity contribution in [3.8, 4) is 6.07 Å². The maximum Gasteiger partial charge on any atom is 0.194 e. The van der Waals surface area contributed by atoms with Crippen molar-refractivity contribution in [1.82, 2.24) is 0 Å². The van der Waals surface area contributed by atoms with E-state index in [0.717, 1.165) is 0 Å². The predicted molar refractivity (Wildman–Crippen MR) is 40.3 cm³/mol. The summed E-state index contributed by atoms with van der Waals surface area (Å²) in [5.74, 6) is 0.714. The Kier molecular flexibility index (Phi) is 1.29. The molecule has 2 aliphatic rings. The highest BCUT2D eigenvalue weighted by Crippen LogP contribution is 2.27. The molecule has 2 heteroatoms. The monoisotopic (exact) mass is 145 g/mol. The fraction of sp³-hybridized carbons (Fsp3) is 0.222. The molecule has 11 heavy (non-hydrogen) atoms. The topological polar surface area (TPSA) is 33.0 Å². The third-order valence-electron chi connectivity index (χ3n) is 1.84. The summed E-state index contributed by atoms with van der Waals surface area (Å²) in [4.78, 5) is 0. The van der Waals surface area contributed by atoms with Crippen LogP contribution in [0.5, 0.6) is 0 Å². The summed E-state index contributed by atoms with van der Waals surface area (Å²) >= 11 is 0. The lowest BCUT2D eigenvalue weighted by molar-refractivity contribution is 0.175. The SMILES string of the molecule is N#CC1=CC2C=CC=CC2O1. The van der Waals surface area contributed by atoms with Gasteiger partial charge >= 0.3 is 0 Å². The van der Waals surface area contributed by atoms with Crippen LogP contribution in [-0.2, 0) is 4.74 Å². The fourth-order valence-electron chi connectivity index (χ4n) is 1.30. The largest absolute Gasteiger partial charge is 0.475 e. The lowest BCUT2D eigenvalue weighted by Gasteiger charge is -2.13. The molecular weight excluding hydrogens is 138 g/mol. The van der Waals surface area contributed by atoms with Crippen LogP contribution in [0, 0.1) is 17.2 Å². The van der Waals surface area contributed by atoms with Crippen LogP contribution in [0.3, 0.4) is 0 Å². The Morgan fingerprint density at radius 2 is 2.18 bits per heavy atom. The Hall–Kier alpha value is -1.49. The first-order chi connectivity index (χ1) is 5.40. The molecule has 0 aromatic heterocycles. The molecule has 1 heterocycles. The van der Waals surface area contributed by atoms with Gasteiger partial charge < -0.3 is 4.74 Å². The van der Waals surface area contributed by atoms with Gasteiger partial charge in [-0.25, -0.2) is 0 Å². The quantitative estimate of drug-likeness (QED) is 0.518. The van der Waals surface area contributed by atoms with Crippen molar-refractivity contribution in [3.05, 3.63) is 36.1 Å². The van der Waals surface area contributed by atoms with Crippen molar-refractivity contribution in [2.24, 2.45) is 5.92 Å². The van der Waals surface area contributed by atoms with E-state index in [1.165, 1.54) is 0 Å². The molecule has 0 saturated carbocycles. The van der Waals surface area contributed by atoms with Crippen LogP contribution >= 0.6 is 0 Å². The number of rotatable bonds is 0. The average Bonchev–Trinajstić information content (AvgIpc) is 2.46. The number of hydrogen-bond donors (Lipinski definition) is 0. The summed E-state index contributed by atoms with van der Waals surface area (Å²) < 4.78 is 5.28. The lowest BCUT2D eigenvalue weighted by atomic mass is 9.99. The van der Waals surface area contributed by atoms with Gasteiger partial charge in [0.1, 0.15) is 12.2 Å². The molecule has 0 radical (unpaired) electrons. The Morgan fingerprint density at radius 3 is 2.91 bits per heavy atom. The summed E-state index contributed by atoms with van der Waals surface area (Å²) in [5, 5.41) is 8.52. The minimum absolute atomic E-state index is 0.0645. The minimum atomic E-state index is 0.0645. The third-order valence-corrected chi connectivity index (χ3v) is 1.84. The highest BCUT2D eigenvalue weighted by molar-refractivity contribution is 5.29. The van der Waals surface area contributed by atoms with Crippen molar-refractivity contribution in [2.45, 2.75) is 6.10 Å². The van der Waals surface area contributed by atoms with Gasteiger partial charge in [-0.15, -0.1) is 0 Å². The molecular formula is C9H7NO. The van der Waals surface area contributed by atoms with E-state index in [-0.39, 0.29) is 12.0 Å². The molecule has 1 aliphatic carbocycles. The summed E-state index contributed by atoms with van der Waals surface area (Å²) in [6, 6.07) is 1.99. The molecule has 0 N–H and O–H groups in total. The van der Waals surface area contributed by atoms with Crippen molar-refractivity contribution in [3.63, 3.8) is 0 Å². The maximum absolute atomic E-state index is 8.52. The normalized spacial score (nSPS) is 32.1. The van der Waals surface area contributed by atoms with E-state index in [0.29, 0.717) is 5.76 Å². The number of nitriles is 1. The maximum atomic E-state index is 8.52. The van der Waals surface area contributed by atoms with E-state index in [2.05, 4.69) is 0 Å². The van der Waals surface area contributed by atoms with Gasteiger partial charge in [0, 0.05) is 5.92 Å². The fourth-order valence-corrected chi connectivity index (χ4v) is 1.30. The van der Waals surface area contributed by atoms with Crippen LogP contribution < -0.4 is 0 Å². The van der Waals surface area contributed by atoms with Crippen molar-refractivity contribution < 1.29 is 4.74 Å².